The van der Waals surface area contributed by atoms with Gasteiger partial charge in [0, 0.05) is 102 Å². The van der Waals surface area contributed by atoms with Crippen molar-refractivity contribution in [3.8, 4) is 0 Å². The van der Waals surface area contributed by atoms with Crippen LogP contribution in [0.4, 0.5) is 33.1 Å². The van der Waals surface area contributed by atoms with E-state index in [2.05, 4.69) is 45.4 Å². The SMILES string of the molecule is CN(C)C(=O)c1cc2cnc(Nc3ccc(C(=O)N4CC5COCC(C4)N5C(=O)OCc4ccccc4)cn3)nc2n1C1CCCC1.CN(C)C(=O)c1cc2cnc(Nc3ccc(C(=O)O)cn3)nc2n1C1CCCC1.O=C(OCc1ccccc1)N1C2CNCC1COC2. The van der Waals surface area contributed by atoms with Crippen LogP contribution < -0.4 is 16.0 Å². The fourth-order valence-electron chi connectivity index (χ4n) is 13.1. The van der Waals surface area contributed by atoms with Crippen molar-refractivity contribution >= 4 is 81.5 Å². The number of amides is 5. The molecule has 4 saturated heterocycles. The van der Waals surface area contributed by atoms with Gasteiger partial charge in [0.2, 0.25) is 11.9 Å². The Balaban J connectivity index is 0.000000152. The Bertz CT molecular complexity index is 3990. The number of carboxylic acids is 1. The van der Waals surface area contributed by atoms with E-state index in [0.29, 0.717) is 97.9 Å². The Labute approximate surface area is 548 Å². The summed E-state index contributed by atoms with van der Waals surface area (Å²) < 4.78 is 26.3. The molecule has 5 amide bonds. The maximum Gasteiger partial charge on any atom is 0.410 e. The lowest BCUT2D eigenvalue weighted by Crippen LogP contribution is -2.66. The fourth-order valence-corrected chi connectivity index (χ4v) is 13.1. The van der Waals surface area contributed by atoms with Crippen LogP contribution in [0.25, 0.3) is 22.1 Å². The van der Waals surface area contributed by atoms with Crippen molar-refractivity contribution in [1.29, 1.82) is 0 Å². The second-order valence-electron chi connectivity index (χ2n) is 24.9. The van der Waals surface area contributed by atoms with E-state index in [1.54, 1.807) is 78.4 Å². The predicted octanol–water partition coefficient (Wildman–Crippen LogP) is 8.33. The summed E-state index contributed by atoms with van der Waals surface area (Å²) in [7, 11) is 6.98. The molecule has 2 saturated carbocycles. The summed E-state index contributed by atoms with van der Waals surface area (Å²) >= 11 is 0. The quantitative estimate of drug-likeness (QED) is 0.0795. The minimum absolute atomic E-state index is 0.0599. The number of carbonyl (C=O) groups is 6. The van der Waals surface area contributed by atoms with Gasteiger partial charge in [-0.1, -0.05) is 86.3 Å². The summed E-state index contributed by atoms with van der Waals surface area (Å²) in [5, 5.41) is 20.1. The molecule has 2 aromatic carbocycles. The molecule has 6 fully saturated rings. The Morgan fingerprint density at radius 3 is 1.37 bits per heavy atom. The molecular weight excluding hydrogens is 1220 g/mol. The van der Waals surface area contributed by atoms with E-state index in [0.717, 1.165) is 86.4 Å². The van der Waals surface area contributed by atoms with Crippen LogP contribution in [0, 0.1) is 0 Å². The van der Waals surface area contributed by atoms with E-state index in [1.807, 2.05) is 82.3 Å². The molecule has 4 N–H and O–H groups in total. The molecule has 10 heterocycles. The highest BCUT2D eigenvalue weighted by Crippen LogP contribution is 2.37. The molecule has 27 nitrogen and oxygen atoms in total. The van der Waals surface area contributed by atoms with Crippen molar-refractivity contribution in [3.63, 3.8) is 0 Å². The van der Waals surface area contributed by atoms with Crippen LogP contribution in [-0.2, 0) is 32.2 Å². The molecule has 4 aliphatic heterocycles. The molecular formula is C68H78N16O11. The number of carboxylic acid groups (broad SMARTS) is 1. The molecule has 8 aromatic rings. The third-order valence-electron chi connectivity index (χ3n) is 17.8. The average molecular weight is 1300 g/mol. The first-order valence-electron chi connectivity index (χ1n) is 32.2. The summed E-state index contributed by atoms with van der Waals surface area (Å²) in [5.41, 5.74) is 5.12. The predicted molar refractivity (Wildman–Crippen MR) is 351 cm³/mol. The van der Waals surface area contributed by atoms with Crippen molar-refractivity contribution in [2.24, 2.45) is 0 Å². The topological polar surface area (TPSA) is 299 Å². The van der Waals surface area contributed by atoms with Gasteiger partial charge in [-0.05, 0) is 73.2 Å². The summed E-state index contributed by atoms with van der Waals surface area (Å²) in [6.07, 6.45) is 14.1. The van der Waals surface area contributed by atoms with E-state index < -0.39 is 12.1 Å². The average Bonchev–Trinajstić information content (AvgIpc) is 1.67. The summed E-state index contributed by atoms with van der Waals surface area (Å²) in [6, 6.07) is 29.5. The number of carbonyl (C=O) groups excluding carboxylic acids is 5. The molecule has 14 rings (SSSR count). The molecule has 0 radical (unpaired) electrons. The number of benzene rings is 2. The van der Waals surface area contributed by atoms with Crippen molar-refractivity contribution < 1.29 is 52.8 Å². The van der Waals surface area contributed by atoms with Crippen LogP contribution in [0.3, 0.4) is 0 Å². The molecule has 6 aromatic heterocycles. The number of hydrogen-bond donors (Lipinski definition) is 4. The first-order valence-corrected chi connectivity index (χ1v) is 32.2. The first-order chi connectivity index (χ1) is 46.1. The number of pyridine rings is 2. The van der Waals surface area contributed by atoms with Gasteiger partial charge in [-0.2, -0.15) is 9.97 Å². The third-order valence-corrected chi connectivity index (χ3v) is 17.8. The van der Waals surface area contributed by atoms with Crippen LogP contribution in [0.15, 0.2) is 122 Å². The van der Waals surface area contributed by atoms with Gasteiger partial charge in [-0.3, -0.25) is 24.2 Å². The lowest BCUT2D eigenvalue weighted by atomic mass is 10.0. The number of hydrogen-bond acceptors (Lipinski definition) is 19. The van der Waals surface area contributed by atoms with Gasteiger partial charge in [-0.25, -0.2) is 34.3 Å². The molecule has 496 valence electrons. The molecule has 0 spiro atoms. The summed E-state index contributed by atoms with van der Waals surface area (Å²) in [6.45, 7) is 4.58. The smallest absolute Gasteiger partial charge is 0.410 e. The van der Waals surface area contributed by atoms with Gasteiger partial charge in [0.05, 0.1) is 61.7 Å². The highest BCUT2D eigenvalue weighted by Gasteiger charge is 2.44. The van der Waals surface area contributed by atoms with Crippen LogP contribution in [-0.4, -0.2) is 209 Å². The number of piperazine rings is 2. The summed E-state index contributed by atoms with van der Waals surface area (Å²) in [5.74, 6) is 0.307. The van der Waals surface area contributed by atoms with Crippen LogP contribution >= 0.6 is 0 Å². The van der Waals surface area contributed by atoms with Gasteiger partial charge < -0.3 is 63.8 Å². The molecule has 95 heavy (non-hydrogen) atoms. The molecule has 4 atom stereocenters. The van der Waals surface area contributed by atoms with Gasteiger partial charge >= 0.3 is 18.2 Å². The second-order valence-corrected chi connectivity index (χ2v) is 24.9. The van der Waals surface area contributed by atoms with E-state index in [4.69, 9.17) is 29.0 Å². The maximum atomic E-state index is 13.5. The number of rotatable bonds is 14. The molecule has 4 bridgehead atoms. The number of nitrogens with zero attached hydrogens (tertiary/aromatic N) is 13. The van der Waals surface area contributed by atoms with Crippen molar-refractivity contribution in [1.82, 2.24) is 68.9 Å². The van der Waals surface area contributed by atoms with E-state index >= 15 is 0 Å². The number of ether oxygens (including phenoxy) is 4. The maximum absolute atomic E-state index is 13.5. The van der Waals surface area contributed by atoms with Crippen molar-refractivity contribution in [2.45, 2.75) is 101 Å². The van der Waals surface area contributed by atoms with Crippen LogP contribution in [0.2, 0.25) is 0 Å². The highest BCUT2D eigenvalue weighted by atomic mass is 16.6. The van der Waals surface area contributed by atoms with Gasteiger partial charge in [0.15, 0.2) is 0 Å². The van der Waals surface area contributed by atoms with E-state index in [9.17, 15) is 28.8 Å². The van der Waals surface area contributed by atoms with E-state index in [1.165, 1.54) is 18.5 Å². The second kappa shape index (κ2) is 29.4. The summed E-state index contributed by atoms with van der Waals surface area (Å²) in [4.78, 5) is 111. The lowest BCUT2D eigenvalue weighted by molar-refractivity contribution is -0.0819. The van der Waals surface area contributed by atoms with E-state index in [-0.39, 0.29) is 72.2 Å². The third kappa shape index (κ3) is 15.0. The Morgan fingerprint density at radius 1 is 0.537 bits per heavy atom. The standard InChI is InChI=1S/C34H38N8O5.C20H22N6O3.C14H18N2O3/c1-39(2)32(44)28-14-24-16-36-33(38-30(24)42(28)25-10-6-7-11-25)37-29-13-12-23(15-35-29)31(43)40-17-26-20-46-21-27(18-40)41(26)34(45)47-19-22-8-4-3-5-9-22;1-25(2)18(27)15-9-13-11-22-20(23-16-8-7-12(10-21-16)19(28)29)24-17(13)26(15)14-5-3-4-6-14;17-14(19-8-11-4-2-1-3-5-11)16-12-6-15-7-13(16)10-18-9-12/h3-5,8-9,12-16,25-27H,6-7,10-11,17-21H2,1-2H3,(H,35,36,37,38);7-11,14H,3-6H2,1-2H3,(H,28,29)(H,21,22,23,24);1-5,12-13,15H,6-10H2. The number of nitrogens with one attached hydrogen (secondary N) is 3. The Hall–Kier alpha value is -10.1. The van der Waals surface area contributed by atoms with Gasteiger partial charge in [0.25, 0.3) is 17.7 Å². The van der Waals surface area contributed by atoms with Gasteiger partial charge in [-0.15, -0.1) is 0 Å². The molecule has 6 aliphatic rings. The minimum Gasteiger partial charge on any atom is -0.478 e. The number of anilines is 4. The molecule has 2 aliphatic carbocycles. The zero-order valence-electron chi connectivity index (χ0n) is 53.6. The molecule has 4 unspecified atom stereocenters. The fraction of sp³-hybridized carbons (Fsp3) is 0.412. The normalized spacial score (nSPS) is 19.2. The zero-order chi connectivity index (χ0) is 66.1. The first kappa shape index (κ1) is 65.0. The number of aromatic carboxylic acids is 1. The van der Waals surface area contributed by atoms with Crippen LogP contribution in [0.1, 0.15) is 116 Å². The van der Waals surface area contributed by atoms with Crippen LogP contribution in [0.5, 0.6) is 0 Å². The van der Waals surface area contributed by atoms with Crippen molar-refractivity contribution in [3.05, 3.63) is 155 Å². The Kier molecular flexibility index (Phi) is 20.1. The van der Waals surface area contributed by atoms with Gasteiger partial charge in [0.1, 0.15) is 47.5 Å². The number of fused-ring (bicyclic) bond motifs is 6. The number of aromatic nitrogens is 8. The Morgan fingerprint density at radius 2 is 0.958 bits per heavy atom. The minimum atomic E-state index is -1.03. The molecule has 27 heteroatoms. The lowest BCUT2D eigenvalue weighted by Gasteiger charge is -2.48. The highest BCUT2D eigenvalue weighted by molar-refractivity contribution is 5.99. The largest absolute Gasteiger partial charge is 0.478 e. The number of morpholine rings is 2. The monoisotopic (exact) mass is 1290 g/mol. The zero-order valence-corrected chi connectivity index (χ0v) is 53.6. The van der Waals surface area contributed by atoms with Crippen molar-refractivity contribution in [2.75, 3.05) is 91.4 Å².